The summed E-state index contributed by atoms with van der Waals surface area (Å²) in [5.41, 5.74) is 6.27. The van der Waals surface area contributed by atoms with Gasteiger partial charge in [-0.25, -0.2) is 0 Å². The van der Waals surface area contributed by atoms with Crippen LogP contribution < -0.4 is 5.73 Å². The Balaban J connectivity index is 1.84. The van der Waals surface area contributed by atoms with Crippen LogP contribution in [0.1, 0.15) is 64.2 Å². The Labute approximate surface area is 99.6 Å². The van der Waals surface area contributed by atoms with Crippen LogP contribution in [-0.4, -0.2) is 17.3 Å². The third-order valence-corrected chi connectivity index (χ3v) is 4.72. The molecule has 0 amide bonds. The van der Waals surface area contributed by atoms with E-state index in [1.807, 2.05) is 0 Å². The van der Waals surface area contributed by atoms with Gasteiger partial charge in [0.05, 0.1) is 6.10 Å². The first-order valence-corrected chi connectivity index (χ1v) is 7.22. The predicted molar refractivity (Wildman–Crippen MR) is 67.1 cm³/mol. The fourth-order valence-corrected chi connectivity index (χ4v) is 3.59. The summed E-state index contributed by atoms with van der Waals surface area (Å²) in [6.07, 6.45) is 12.6. The van der Waals surface area contributed by atoms with Crippen molar-refractivity contribution in [3.8, 4) is 0 Å². The lowest BCUT2D eigenvalue weighted by molar-refractivity contribution is 0.0369. The van der Waals surface area contributed by atoms with Crippen molar-refractivity contribution in [2.24, 2.45) is 17.6 Å². The molecular formula is C14H27NO. The van der Waals surface area contributed by atoms with Crippen LogP contribution in [0.5, 0.6) is 0 Å². The maximum atomic E-state index is 10.4. The summed E-state index contributed by atoms with van der Waals surface area (Å²) in [4.78, 5) is 0. The molecule has 0 aromatic heterocycles. The van der Waals surface area contributed by atoms with Gasteiger partial charge < -0.3 is 10.8 Å². The van der Waals surface area contributed by atoms with Crippen molar-refractivity contribution in [3.63, 3.8) is 0 Å². The van der Waals surface area contributed by atoms with E-state index in [0.717, 1.165) is 0 Å². The molecule has 2 heteroatoms. The lowest BCUT2D eigenvalue weighted by atomic mass is 9.76. The van der Waals surface area contributed by atoms with E-state index in [1.54, 1.807) is 0 Å². The van der Waals surface area contributed by atoms with Gasteiger partial charge in [-0.05, 0) is 37.5 Å². The molecule has 0 aromatic rings. The van der Waals surface area contributed by atoms with E-state index in [4.69, 9.17) is 5.73 Å². The van der Waals surface area contributed by atoms with Crippen molar-refractivity contribution in [1.29, 1.82) is 0 Å². The number of hydrogen-bond acceptors (Lipinski definition) is 2. The standard InChI is InChI=1S/C14H27NO/c15-13(11-7-3-1-4-8-11)14(16)12-9-5-2-6-10-12/h11-14,16H,1-10,15H2/t13-,14+/m0/s1. The van der Waals surface area contributed by atoms with Crippen molar-refractivity contribution in [2.45, 2.75) is 76.4 Å². The monoisotopic (exact) mass is 225 g/mol. The number of hydrogen-bond donors (Lipinski definition) is 2. The van der Waals surface area contributed by atoms with E-state index in [9.17, 15) is 5.11 Å². The Hall–Kier alpha value is -0.0800. The summed E-state index contributed by atoms with van der Waals surface area (Å²) in [5, 5.41) is 10.4. The molecule has 2 atom stereocenters. The van der Waals surface area contributed by atoms with Gasteiger partial charge >= 0.3 is 0 Å². The Morgan fingerprint density at radius 2 is 1.19 bits per heavy atom. The highest BCUT2D eigenvalue weighted by Crippen LogP contribution is 2.32. The smallest absolute Gasteiger partial charge is 0.0721 e. The second kappa shape index (κ2) is 6.02. The third-order valence-electron chi connectivity index (χ3n) is 4.72. The maximum absolute atomic E-state index is 10.4. The molecule has 0 bridgehead atoms. The van der Waals surface area contributed by atoms with Gasteiger partial charge in [0.2, 0.25) is 0 Å². The molecule has 3 N–H and O–H groups in total. The lowest BCUT2D eigenvalue weighted by Crippen LogP contribution is -2.46. The molecule has 2 aliphatic rings. The molecular weight excluding hydrogens is 198 g/mol. The average molecular weight is 225 g/mol. The molecule has 2 rings (SSSR count). The highest BCUT2D eigenvalue weighted by atomic mass is 16.3. The van der Waals surface area contributed by atoms with Crippen molar-refractivity contribution < 1.29 is 5.11 Å². The normalized spacial score (nSPS) is 28.9. The summed E-state index contributed by atoms with van der Waals surface area (Å²) in [7, 11) is 0. The largest absolute Gasteiger partial charge is 0.391 e. The first-order chi connectivity index (χ1) is 7.79. The van der Waals surface area contributed by atoms with Crippen LogP contribution in [0.2, 0.25) is 0 Å². The average Bonchev–Trinajstić information content (AvgIpc) is 2.39. The minimum Gasteiger partial charge on any atom is -0.391 e. The molecule has 2 fully saturated rings. The molecule has 0 aromatic carbocycles. The van der Waals surface area contributed by atoms with Crippen molar-refractivity contribution >= 4 is 0 Å². The van der Waals surface area contributed by atoms with Crippen molar-refractivity contribution in [2.75, 3.05) is 0 Å². The zero-order chi connectivity index (χ0) is 11.4. The third kappa shape index (κ3) is 2.98. The topological polar surface area (TPSA) is 46.2 Å². The molecule has 2 aliphatic carbocycles. The Morgan fingerprint density at radius 3 is 1.69 bits per heavy atom. The maximum Gasteiger partial charge on any atom is 0.0721 e. The summed E-state index contributed by atoms with van der Waals surface area (Å²) < 4.78 is 0. The molecule has 0 unspecified atom stereocenters. The van der Waals surface area contributed by atoms with E-state index in [2.05, 4.69) is 0 Å². The number of rotatable bonds is 3. The molecule has 94 valence electrons. The molecule has 0 heterocycles. The Morgan fingerprint density at radius 1 is 0.750 bits per heavy atom. The number of aliphatic hydroxyl groups is 1. The van der Waals surface area contributed by atoms with Gasteiger partial charge in [-0.15, -0.1) is 0 Å². The molecule has 0 radical (unpaired) electrons. The fourth-order valence-electron chi connectivity index (χ4n) is 3.59. The van der Waals surface area contributed by atoms with Crippen LogP contribution in [-0.2, 0) is 0 Å². The van der Waals surface area contributed by atoms with Crippen LogP contribution in [0.4, 0.5) is 0 Å². The lowest BCUT2D eigenvalue weighted by Gasteiger charge is -2.36. The van der Waals surface area contributed by atoms with Gasteiger partial charge in [0, 0.05) is 6.04 Å². The molecule has 0 spiro atoms. The first-order valence-electron chi connectivity index (χ1n) is 7.22. The number of aliphatic hydroxyl groups excluding tert-OH is 1. The second-order valence-corrected chi connectivity index (χ2v) is 5.86. The molecule has 16 heavy (non-hydrogen) atoms. The Bertz CT molecular complexity index is 173. The van der Waals surface area contributed by atoms with E-state index in [0.29, 0.717) is 11.8 Å². The van der Waals surface area contributed by atoms with Gasteiger partial charge in [0.1, 0.15) is 0 Å². The quantitative estimate of drug-likeness (QED) is 0.776. The molecule has 2 saturated carbocycles. The second-order valence-electron chi connectivity index (χ2n) is 5.86. The molecule has 0 saturated heterocycles. The van der Waals surface area contributed by atoms with E-state index in [-0.39, 0.29) is 12.1 Å². The zero-order valence-corrected chi connectivity index (χ0v) is 10.4. The molecule has 2 nitrogen and oxygen atoms in total. The summed E-state index contributed by atoms with van der Waals surface area (Å²) in [6, 6.07) is 0.0448. The van der Waals surface area contributed by atoms with Gasteiger partial charge in [-0.1, -0.05) is 38.5 Å². The molecule has 0 aliphatic heterocycles. The van der Waals surface area contributed by atoms with E-state index >= 15 is 0 Å². The van der Waals surface area contributed by atoms with Crippen LogP contribution in [0.25, 0.3) is 0 Å². The highest BCUT2D eigenvalue weighted by Gasteiger charge is 2.31. The van der Waals surface area contributed by atoms with E-state index in [1.165, 1.54) is 64.2 Å². The van der Waals surface area contributed by atoms with Gasteiger partial charge in [0.25, 0.3) is 0 Å². The SMILES string of the molecule is N[C@@H](C1CCCCC1)[C@H](O)C1CCCCC1. The summed E-state index contributed by atoms with van der Waals surface area (Å²) in [6.45, 7) is 0. The van der Waals surface area contributed by atoms with Gasteiger partial charge in [-0.3, -0.25) is 0 Å². The van der Waals surface area contributed by atoms with Crippen LogP contribution >= 0.6 is 0 Å². The van der Waals surface area contributed by atoms with Gasteiger partial charge in [0.15, 0.2) is 0 Å². The number of nitrogens with two attached hydrogens (primary N) is 1. The van der Waals surface area contributed by atoms with Gasteiger partial charge in [-0.2, -0.15) is 0 Å². The van der Waals surface area contributed by atoms with Crippen LogP contribution in [0.3, 0.4) is 0 Å². The van der Waals surface area contributed by atoms with Crippen molar-refractivity contribution in [3.05, 3.63) is 0 Å². The van der Waals surface area contributed by atoms with Crippen molar-refractivity contribution in [1.82, 2.24) is 0 Å². The fraction of sp³-hybridized carbons (Fsp3) is 1.00. The summed E-state index contributed by atoms with van der Waals surface area (Å²) in [5.74, 6) is 1.08. The Kier molecular flexibility index (Phi) is 4.66. The highest BCUT2D eigenvalue weighted by molar-refractivity contribution is 4.87. The zero-order valence-electron chi connectivity index (χ0n) is 10.4. The minimum absolute atomic E-state index is 0.0448. The summed E-state index contributed by atoms with van der Waals surface area (Å²) >= 11 is 0. The van der Waals surface area contributed by atoms with Crippen LogP contribution in [0, 0.1) is 11.8 Å². The minimum atomic E-state index is -0.233. The van der Waals surface area contributed by atoms with E-state index < -0.39 is 0 Å². The predicted octanol–water partition coefficient (Wildman–Crippen LogP) is 2.84. The van der Waals surface area contributed by atoms with Crippen LogP contribution in [0.15, 0.2) is 0 Å². The first kappa shape index (κ1) is 12.4.